The summed E-state index contributed by atoms with van der Waals surface area (Å²) in [5, 5.41) is 3.49. The van der Waals surface area contributed by atoms with Crippen LogP contribution in [0.3, 0.4) is 0 Å². The first kappa shape index (κ1) is 15.0. The molecule has 0 aromatic carbocycles. The fraction of sp³-hybridized carbons (Fsp3) is 1.00. The van der Waals surface area contributed by atoms with Crippen LogP contribution in [0.4, 0.5) is 0 Å². The van der Waals surface area contributed by atoms with Crippen LogP contribution in [0.2, 0.25) is 0 Å². The highest BCUT2D eigenvalue weighted by Crippen LogP contribution is 2.24. The third kappa shape index (κ3) is 5.39. The second-order valence-corrected chi connectivity index (χ2v) is 6.06. The molecule has 0 amide bonds. The molecule has 0 heterocycles. The van der Waals surface area contributed by atoms with Gasteiger partial charge < -0.3 is 5.32 Å². The highest BCUT2D eigenvalue weighted by Gasteiger charge is 2.24. The molecule has 1 saturated carbocycles. The van der Waals surface area contributed by atoms with Crippen LogP contribution in [0, 0.1) is 5.92 Å². The first-order valence-corrected chi connectivity index (χ1v) is 7.58. The van der Waals surface area contributed by atoms with E-state index in [1.165, 1.54) is 51.6 Å². The zero-order valence-corrected chi connectivity index (χ0v) is 12.3. The van der Waals surface area contributed by atoms with Gasteiger partial charge in [0.2, 0.25) is 0 Å². The van der Waals surface area contributed by atoms with E-state index in [0.717, 1.165) is 12.0 Å². The van der Waals surface area contributed by atoms with Gasteiger partial charge in [-0.3, -0.25) is 4.90 Å². The molecule has 1 fully saturated rings. The molecular formula is C15H32N2. The summed E-state index contributed by atoms with van der Waals surface area (Å²) in [7, 11) is 2.11. The summed E-state index contributed by atoms with van der Waals surface area (Å²) in [4.78, 5) is 2.76. The maximum atomic E-state index is 3.49. The minimum Gasteiger partial charge on any atom is -0.316 e. The third-order valence-electron chi connectivity index (χ3n) is 3.94. The van der Waals surface area contributed by atoms with E-state index in [1.54, 1.807) is 0 Å². The van der Waals surface area contributed by atoms with E-state index >= 15 is 0 Å². The third-order valence-corrected chi connectivity index (χ3v) is 3.94. The number of rotatable bonds is 8. The highest BCUT2D eigenvalue weighted by molar-refractivity contribution is 4.81. The van der Waals surface area contributed by atoms with E-state index in [-0.39, 0.29) is 0 Å². The average molecular weight is 240 g/mol. The SMILES string of the molecule is CCCC(CN(CC(C)C)C1CCCC1)NC. The lowest BCUT2D eigenvalue weighted by atomic mass is 10.1. The summed E-state index contributed by atoms with van der Waals surface area (Å²) in [5.74, 6) is 0.787. The van der Waals surface area contributed by atoms with Crippen molar-refractivity contribution in [1.29, 1.82) is 0 Å². The normalized spacial score (nSPS) is 19.4. The molecule has 1 atom stereocenters. The second kappa shape index (κ2) is 8.10. The Morgan fingerprint density at radius 1 is 1.18 bits per heavy atom. The van der Waals surface area contributed by atoms with Gasteiger partial charge in [-0.05, 0) is 32.2 Å². The van der Waals surface area contributed by atoms with Crippen LogP contribution >= 0.6 is 0 Å². The van der Waals surface area contributed by atoms with E-state index in [1.807, 2.05) is 0 Å². The van der Waals surface area contributed by atoms with Crippen LogP contribution in [0.15, 0.2) is 0 Å². The van der Waals surface area contributed by atoms with Crippen LogP contribution in [-0.2, 0) is 0 Å². The van der Waals surface area contributed by atoms with Crippen molar-refractivity contribution in [1.82, 2.24) is 10.2 Å². The molecule has 0 aliphatic heterocycles. The molecular weight excluding hydrogens is 208 g/mol. The summed E-state index contributed by atoms with van der Waals surface area (Å²) in [6.45, 7) is 9.48. The van der Waals surface area contributed by atoms with E-state index in [2.05, 4.69) is 38.0 Å². The van der Waals surface area contributed by atoms with Gasteiger partial charge in [0, 0.05) is 25.2 Å². The molecule has 17 heavy (non-hydrogen) atoms. The van der Waals surface area contributed by atoms with Crippen LogP contribution < -0.4 is 5.32 Å². The molecule has 0 saturated heterocycles. The Kier molecular flexibility index (Phi) is 7.14. The van der Waals surface area contributed by atoms with Gasteiger partial charge in [0.1, 0.15) is 0 Å². The molecule has 0 aromatic rings. The van der Waals surface area contributed by atoms with Gasteiger partial charge in [-0.15, -0.1) is 0 Å². The lowest BCUT2D eigenvalue weighted by Crippen LogP contribution is -2.45. The van der Waals surface area contributed by atoms with Crippen molar-refractivity contribution < 1.29 is 0 Å². The number of nitrogens with one attached hydrogen (secondary N) is 1. The van der Waals surface area contributed by atoms with Crippen molar-refractivity contribution in [2.45, 2.75) is 71.4 Å². The first-order chi connectivity index (χ1) is 8.17. The molecule has 2 nitrogen and oxygen atoms in total. The standard InChI is InChI=1S/C15H32N2/c1-5-8-14(16-4)12-17(11-13(2)3)15-9-6-7-10-15/h13-16H,5-12H2,1-4H3. The van der Waals surface area contributed by atoms with Gasteiger partial charge in [-0.2, -0.15) is 0 Å². The second-order valence-electron chi connectivity index (χ2n) is 6.06. The van der Waals surface area contributed by atoms with Crippen LogP contribution in [0.25, 0.3) is 0 Å². The monoisotopic (exact) mass is 240 g/mol. The molecule has 102 valence electrons. The zero-order chi connectivity index (χ0) is 12.7. The lowest BCUT2D eigenvalue weighted by molar-refractivity contribution is 0.157. The van der Waals surface area contributed by atoms with Crippen LogP contribution in [-0.4, -0.2) is 37.1 Å². The minimum atomic E-state index is 0.680. The Morgan fingerprint density at radius 2 is 1.82 bits per heavy atom. The van der Waals surface area contributed by atoms with Crippen molar-refractivity contribution in [2.24, 2.45) is 5.92 Å². The van der Waals surface area contributed by atoms with Gasteiger partial charge in [0.25, 0.3) is 0 Å². The molecule has 1 aliphatic carbocycles. The molecule has 1 N–H and O–H groups in total. The van der Waals surface area contributed by atoms with Gasteiger partial charge in [-0.1, -0.05) is 40.0 Å². The molecule has 0 aromatic heterocycles. The Bertz CT molecular complexity index is 185. The van der Waals surface area contributed by atoms with Gasteiger partial charge in [0.05, 0.1) is 0 Å². The summed E-state index contributed by atoms with van der Waals surface area (Å²) >= 11 is 0. The smallest absolute Gasteiger partial charge is 0.0192 e. The number of nitrogens with zero attached hydrogens (tertiary/aromatic N) is 1. The molecule has 2 heteroatoms. The zero-order valence-electron chi connectivity index (χ0n) is 12.3. The topological polar surface area (TPSA) is 15.3 Å². The number of likely N-dealkylation sites (N-methyl/N-ethyl adjacent to an activating group) is 1. The van der Waals surface area contributed by atoms with Crippen molar-refractivity contribution in [3.63, 3.8) is 0 Å². The quantitative estimate of drug-likeness (QED) is 0.700. The Hall–Kier alpha value is -0.0800. The predicted molar refractivity (Wildman–Crippen MR) is 76.4 cm³/mol. The first-order valence-electron chi connectivity index (χ1n) is 7.58. The minimum absolute atomic E-state index is 0.680. The largest absolute Gasteiger partial charge is 0.316 e. The Balaban J connectivity index is 2.48. The number of hydrogen-bond acceptors (Lipinski definition) is 2. The molecule has 0 bridgehead atoms. The Morgan fingerprint density at radius 3 is 2.29 bits per heavy atom. The summed E-state index contributed by atoms with van der Waals surface area (Å²) in [5.41, 5.74) is 0. The Labute approximate surface area is 108 Å². The lowest BCUT2D eigenvalue weighted by Gasteiger charge is -2.33. The van der Waals surface area contributed by atoms with Crippen LogP contribution in [0.5, 0.6) is 0 Å². The molecule has 1 unspecified atom stereocenters. The summed E-state index contributed by atoms with van der Waals surface area (Å²) in [6.07, 6.45) is 8.32. The molecule has 1 rings (SSSR count). The van der Waals surface area contributed by atoms with E-state index in [0.29, 0.717) is 6.04 Å². The van der Waals surface area contributed by atoms with Crippen LogP contribution in [0.1, 0.15) is 59.3 Å². The average Bonchev–Trinajstić information content (AvgIpc) is 2.80. The highest BCUT2D eigenvalue weighted by atomic mass is 15.2. The van der Waals surface area contributed by atoms with Crippen molar-refractivity contribution >= 4 is 0 Å². The van der Waals surface area contributed by atoms with Gasteiger partial charge in [0.15, 0.2) is 0 Å². The van der Waals surface area contributed by atoms with E-state index in [4.69, 9.17) is 0 Å². The molecule has 1 aliphatic rings. The van der Waals surface area contributed by atoms with E-state index < -0.39 is 0 Å². The predicted octanol–water partition coefficient (Wildman–Crippen LogP) is 3.28. The van der Waals surface area contributed by atoms with Crippen molar-refractivity contribution in [3.05, 3.63) is 0 Å². The van der Waals surface area contributed by atoms with Crippen molar-refractivity contribution in [3.8, 4) is 0 Å². The fourth-order valence-electron chi connectivity index (χ4n) is 3.07. The van der Waals surface area contributed by atoms with Crippen molar-refractivity contribution in [2.75, 3.05) is 20.1 Å². The molecule has 0 radical (unpaired) electrons. The van der Waals surface area contributed by atoms with Gasteiger partial charge >= 0.3 is 0 Å². The van der Waals surface area contributed by atoms with Gasteiger partial charge in [-0.25, -0.2) is 0 Å². The maximum absolute atomic E-state index is 3.49. The maximum Gasteiger partial charge on any atom is 0.0192 e. The fourth-order valence-corrected chi connectivity index (χ4v) is 3.07. The summed E-state index contributed by atoms with van der Waals surface area (Å²) < 4.78 is 0. The molecule has 0 spiro atoms. The summed E-state index contributed by atoms with van der Waals surface area (Å²) in [6, 6.07) is 1.55. The van der Waals surface area contributed by atoms with E-state index in [9.17, 15) is 0 Å². The number of hydrogen-bond donors (Lipinski definition) is 1.